The van der Waals surface area contributed by atoms with Crippen molar-refractivity contribution in [1.82, 2.24) is 0 Å². The molecule has 0 aliphatic carbocycles. The van der Waals surface area contributed by atoms with Crippen molar-refractivity contribution in [2.24, 2.45) is 0 Å². The molecule has 1 aliphatic heterocycles. The lowest BCUT2D eigenvalue weighted by atomic mass is 10.0. The minimum absolute atomic E-state index is 0.0595. The summed E-state index contributed by atoms with van der Waals surface area (Å²) in [6, 6.07) is 21.7. The quantitative estimate of drug-likeness (QED) is 0.334. The number of ketones is 1. The predicted octanol–water partition coefficient (Wildman–Crippen LogP) is 6.33. The fourth-order valence-corrected chi connectivity index (χ4v) is 4.46. The zero-order valence-corrected chi connectivity index (χ0v) is 17.6. The number of hydrogen-bond acceptors (Lipinski definition) is 4. The van der Waals surface area contributed by atoms with Crippen molar-refractivity contribution in [3.63, 3.8) is 0 Å². The average Bonchev–Trinajstić information content (AvgIpc) is 3.09. The molecule has 0 N–H and O–H groups in total. The number of allylic oxidation sites excluding steroid dienone is 2. The molecule has 0 radical (unpaired) electrons. The summed E-state index contributed by atoms with van der Waals surface area (Å²) in [5.74, 6) is 1.41. The molecule has 0 unspecified atom stereocenters. The van der Waals surface area contributed by atoms with Gasteiger partial charge in [0.1, 0.15) is 6.61 Å². The number of rotatable bonds is 7. The van der Waals surface area contributed by atoms with E-state index in [9.17, 15) is 4.79 Å². The molecular weight excluding hydrogens is 392 g/mol. The van der Waals surface area contributed by atoms with Crippen LogP contribution in [0.1, 0.15) is 27.0 Å². The van der Waals surface area contributed by atoms with Gasteiger partial charge in [0.25, 0.3) is 0 Å². The molecule has 3 aromatic carbocycles. The minimum Gasteiger partial charge on any atom is -0.493 e. The maximum absolute atomic E-state index is 12.7. The molecule has 0 amide bonds. The molecule has 0 saturated carbocycles. The Balaban J connectivity index is 1.66. The van der Waals surface area contributed by atoms with E-state index in [1.165, 1.54) is 11.8 Å². The lowest BCUT2D eigenvalue weighted by Gasteiger charge is -2.16. The molecule has 30 heavy (non-hydrogen) atoms. The highest BCUT2D eigenvalue weighted by atomic mass is 32.2. The Morgan fingerprint density at radius 3 is 2.53 bits per heavy atom. The van der Waals surface area contributed by atoms with Crippen molar-refractivity contribution in [3.05, 3.63) is 107 Å². The lowest BCUT2D eigenvalue weighted by molar-refractivity contribution is 0.104. The number of methoxy groups -OCH3 is 1. The zero-order valence-electron chi connectivity index (χ0n) is 16.8. The molecule has 0 aromatic heterocycles. The Kier molecular flexibility index (Phi) is 6.05. The lowest BCUT2D eigenvalue weighted by Crippen LogP contribution is -2.02. The van der Waals surface area contributed by atoms with Crippen LogP contribution in [0.25, 0.3) is 6.08 Å². The van der Waals surface area contributed by atoms with Gasteiger partial charge in [-0.1, -0.05) is 60.3 Å². The Labute approximate surface area is 181 Å². The first-order valence-electron chi connectivity index (χ1n) is 9.71. The molecule has 3 aromatic rings. The second-order valence-corrected chi connectivity index (χ2v) is 8.00. The summed E-state index contributed by atoms with van der Waals surface area (Å²) in [7, 11) is 1.63. The van der Waals surface area contributed by atoms with Crippen molar-refractivity contribution in [2.75, 3.05) is 7.11 Å². The first-order chi connectivity index (χ1) is 14.7. The first-order valence-corrected chi connectivity index (χ1v) is 10.5. The summed E-state index contributed by atoms with van der Waals surface area (Å²) in [5.41, 5.74) is 3.72. The van der Waals surface area contributed by atoms with E-state index in [0.29, 0.717) is 29.4 Å². The Bertz CT molecular complexity index is 1120. The zero-order chi connectivity index (χ0) is 20.9. The van der Waals surface area contributed by atoms with Crippen molar-refractivity contribution >= 4 is 23.6 Å². The van der Waals surface area contributed by atoms with E-state index in [1.54, 1.807) is 7.11 Å². The van der Waals surface area contributed by atoms with Crippen LogP contribution < -0.4 is 9.47 Å². The fourth-order valence-electron chi connectivity index (χ4n) is 3.41. The number of ether oxygens (including phenoxy) is 2. The Hall–Kier alpha value is -3.24. The van der Waals surface area contributed by atoms with Crippen molar-refractivity contribution in [1.29, 1.82) is 0 Å². The summed E-state index contributed by atoms with van der Waals surface area (Å²) in [6.45, 7) is 4.32. The number of Topliss-reactive ketones (excluding diaryl/α,β-unsaturated/α-hetero) is 1. The number of fused-ring (bicyclic) bond motifs is 1. The van der Waals surface area contributed by atoms with E-state index >= 15 is 0 Å². The number of carbonyl (C=O) groups excluding carboxylic acids is 1. The summed E-state index contributed by atoms with van der Waals surface area (Å²) < 4.78 is 11.8. The second-order valence-electron chi connectivity index (χ2n) is 6.91. The highest BCUT2D eigenvalue weighted by Gasteiger charge is 2.25. The van der Waals surface area contributed by atoms with E-state index in [4.69, 9.17) is 9.47 Å². The molecule has 1 heterocycles. The van der Waals surface area contributed by atoms with Gasteiger partial charge in [-0.2, -0.15) is 0 Å². The van der Waals surface area contributed by atoms with Gasteiger partial charge < -0.3 is 9.47 Å². The van der Waals surface area contributed by atoms with Gasteiger partial charge in [-0.3, -0.25) is 4.79 Å². The SMILES string of the molecule is C=CCc1cc(/C=C2/Sc3ccccc3C2=O)cc(OC)c1OCc1ccccc1. The average molecular weight is 415 g/mol. The molecule has 4 rings (SSSR count). The van der Waals surface area contributed by atoms with Crippen LogP contribution in [0.4, 0.5) is 0 Å². The predicted molar refractivity (Wildman–Crippen MR) is 122 cm³/mol. The van der Waals surface area contributed by atoms with Crippen LogP contribution in [-0.4, -0.2) is 12.9 Å². The molecular formula is C26H22O3S. The van der Waals surface area contributed by atoms with Crippen molar-refractivity contribution < 1.29 is 14.3 Å². The molecule has 0 saturated heterocycles. The molecule has 3 nitrogen and oxygen atoms in total. The number of benzene rings is 3. The highest BCUT2D eigenvalue weighted by molar-refractivity contribution is 8.04. The third-order valence-corrected chi connectivity index (χ3v) is 5.94. The number of hydrogen-bond donors (Lipinski definition) is 0. The van der Waals surface area contributed by atoms with Crippen LogP contribution >= 0.6 is 11.8 Å². The van der Waals surface area contributed by atoms with Gasteiger partial charge in [-0.15, -0.1) is 6.58 Å². The van der Waals surface area contributed by atoms with Gasteiger partial charge in [0.15, 0.2) is 11.5 Å². The van der Waals surface area contributed by atoms with Crippen LogP contribution in [0.3, 0.4) is 0 Å². The monoisotopic (exact) mass is 414 g/mol. The van der Waals surface area contributed by atoms with E-state index in [1.807, 2.05) is 78.9 Å². The van der Waals surface area contributed by atoms with E-state index < -0.39 is 0 Å². The van der Waals surface area contributed by atoms with Crippen LogP contribution in [0.2, 0.25) is 0 Å². The number of thioether (sulfide) groups is 1. The van der Waals surface area contributed by atoms with Crippen LogP contribution in [-0.2, 0) is 13.0 Å². The van der Waals surface area contributed by atoms with Crippen LogP contribution in [0, 0.1) is 0 Å². The van der Waals surface area contributed by atoms with Crippen molar-refractivity contribution in [3.8, 4) is 11.5 Å². The second kappa shape index (κ2) is 9.06. The fraction of sp³-hybridized carbons (Fsp3) is 0.115. The van der Waals surface area contributed by atoms with Gasteiger partial charge >= 0.3 is 0 Å². The maximum Gasteiger partial charge on any atom is 0.200 e. The van der Waals surface area contributed by atoms with E-state index in [-0.39, 0.29) is 5.78 Å². The van der Waals surface area contributed by atoms with Gasteiger partial charge in [-0.25, -0.2) is 0 Å². The molecule has 0 spiro atoms. The highest BCUT2D eigenvalue weighted by Crippen LogP contribution is 2.42. The summed E-state index contributed by atoms with van der Waals surface area (Å²) in [6.07, 6.45) is 4.40. The number of carbonyl (C=O) groups is 1. The molecule has 0 atom stereocenters. The van der Waals surface area contributed by atoms with Crippen LogP contribution in [0.15, 0.2) is 89.2 Å². The van der Waals surface area contributed by atoms with E-state index in [0.717, 1.165) is 27.1 Å². The van der Waals surface area contributed by atoms with Crippen molar-refractivity contribution in [2.45, 2.75) is 17.9 Å². The van der Waals surface area contributed by atoms with Crippen LogP contribution in [0.5, 0.6) is 11.5 Å². The molecule has 0 bridgehead atoms. The Morgan fingerprint density at radius 1 is 1.03 bits per heavy atom. The van der Waals surface area contributed by atoms with Gasteiger partial charge in [0.2, 0.25) is 5.78 Å². The van der Waals surface area contributed by atoms with Gasteiger partial charge in [0, 0.05) is 16.0 Å². The topological polar surface area (TPSA) is 35.5 Å². The molecule has 0 fully saturated rings. The first kappa shape index (κ1) is 20.0. The molecule has 1 aliphatic rings. The third-order valence-electron chi connectivity index (χ3n) is 4.84. The summed E-state index contributed by atoms with van der Waals surface area (Å²) >= 11 is 1.50. The largest absolute Gasteiger partial charge is 0.493 e. The normalized spacial score (nSPS) is 13.9. The maximum atomic E-state index is 12.7. The van der Waals surface area contributed by atoms with E-state index in [2.05, 4.69) is 6.58 Å². The molecule has 4 heteroatoms. The Morgan fingerprint density at radius 2 is 1.80 bits per heavy atom. The van der Waals surface area contributed by atoms with Gasteiger partial charge in [0.05, 0.1) is 12.0 Å². The summed E-state index contributed by atoms with van der Waals surface area (Å²) in [5, 5.41) is 0. The summed E-state index contributed by atoms with van der Waals surface area (Å²) in [4.78, 5) is 14.4. The standard InChI is InChI=1S/C26H22O3S/c1-3-9-20-14-19(16-24-25(27)21-12-7-8-13-23(21)30-24)15-22(28-2)26(20)29-17-18-10-5-4-6-11-18/h3-8,10-16H,1,9,17H2,2H3/b24-16+. The molecule has 150 valence electrons. The minimum atomic E-state index is 0.0595. The third kappa shape index (κ3) is 4.19. The smallest absolute Gasteiger partial charge is 0.200 e. The van der Waals surface area contributed by atoms with Gasteiger partial charge in [-0.05, 0) is 47.9 Å².